The van der Waals surface area contributed by atoms with Crippen LogP contribution in [0.4, 0.5) is 5.82 Å². The molecular formula is C17H21N5O5. The molecule has 2 aliphatic heterocycles. The van der Waals surface area contributed by atoms with Gasteiger partial charge >= 0.3 is 0 Å². The Morgan fingerprint density at radius 1 is 1.11 bits per heavy atom. The molecule has 2 saturated carbocycles. The van der Waals surface area contributed by atoms with Crippen molar-refractivity contribution in [3.8, 4) is 0 Å². The van der Waals surface area contributed by atoms with E-state index in [4.69, 9.17) is 9.47 Å². The van der Waals surface area contributed by atoms with E-state index >= 15 is 0 Å². The van der Waals surface area contributed by atoms with Gasteiger partial charge in [-0.2, -0.15) is 0 Å². The van der Waals surface area contributed by atoms with Gasteiger partial charge in [0.05, 0.1) is 25.1 Å². The second-order valence-corrected chi connectivity index (χ2v) is 7.99. The summed E-state index contributed by atoms with van der Waals surface area (Å²) in [7, 11) is 0. The molecule has 10 nitrogen and oxygen atoms in total. The van der Waals surface area contributed by atoms with Gasteiger partial charge in [0.2, 0.25) is 0 Å². The van der Waals surface area contributed by atoms with E-state index in [1.165, 1.54) is 19.1 Å². The maximum absolute atomic E-state index is 10.3. The van der Waals surface area contributed by atoms with E-state index in [-0.39, 0.29) is 6.61 Å². The molecule has 2 saturated heterocycles. The van der Waals surface area contributed by atoms with Crippen molar-refractivity contribution in [2.75, 3.05) is 11.9 Å². The number of hydrogen-bond acceptors (Lipinski definition) is 9. The van der Waals surface area contributed by atoms with Gasteiger partial charge in [-0.3, -0.25) is 4.57 Å². The molecule has 2 aliphatic carbocycles. The Bertz CT molecular complexity index is 892. The molecule has 0 radical (unpaired) electrons. The summed E-state index contributed by atoms with van der Waals surface area (Å²) in [6.07, 6.45) is 2.07. The molecule has 9 atom stereocenters. The Morgan fingerprint density at radius 3 is 2.74 bits per heavy atom. The van der Waals surface area contributed by atoms with Crippen molar-refractivity contribution in [1.82, 2.24) is 19.5 Å². The largest absolute Gasteiger partial charge is 0.394 e. The molecule has 27 heavy (non-hydrogen) atoms. The quantitative estimate of drug-likeness (QED) is 0.497. The first kappa shape index (κ1) is 16.1. The van der Waals surface area contributed by atoms with Crippen molar-refractivity contribution < 1.29 is 24.8 Å². The van der Waals surface area contributed by atoms with E-state index in [0.717, 1.165) is 6.42 Å². The summed E-state index contributed by atoms with van der Waals surface area (Å²) in [5, 5.41) is 33.1. The van der Waals surface area contributed by atoms with Gasteiger partial charge in [-0.25, -0.2) is 15.0 Å². The Hall–Kier alpha value is -1.85. The first-order valence-electron chi connectivity index (χ1n) is 9.37. The number of nitrogens with zero attached hydrogens (tertiary/aromatic N) is 4. The minimum Gasteiger partial charge on any atom is -0.394 e. The van der Waals surface area contributed by atoms with Gasteiger partial charge in [-0.15, -0.1) is 0 Å². The van der Waals surface area contributed by atoms with Crippen LogP contribution >= 0.6 is 0 Å². The number of anilines is 1. The molecular weight excluding hydrogens is 354 g/mol. The van der Waals surface area contributed by atoms with Crippen LogP contribution in [0.3, 0.4) is 0 Å². The summed E-state index contributed by atoms with van der Waals surface area (Å²) in [6, 6.07) is 0.316. The summed E-state index contributed by atoms with van der Waals surface area (Å²) in [4.78, 5) is 13.1. The van der Waals surface area contributed by atoms with Gasteiger partial charge in [-0.1, -0.05) is 0 Å². The lowest BCUT2D eigenvalue weighted by molar-refractivity contribution is -0.0511. The summed E-state index contributed by atoms with van der Waals surface area (Å²) < 4.78 is 12.9. The number of imidazole rings is 1. The van der Waals surface area contributed by atoms with Gasteiger partial charge in [0.1, 0.15) is 24.6 Å². The summed E-state index contributed by atoms with van der Waals surface area (Å²) in [5.41, 5.74) is 1.09. The zero-order valence-electron chi connectivity index (χ0n) is 14.4. The van der Waals surface area contributed by atoms with Crippen molar-refractivity contribution in [3.05, 3.63) is 12.7 Å². The third-order valence-corrected chi connectivity index (χ3v) is 6.57. The minimum atomic E-state index is -1.18. The van der Waals surface area contributed by atoms with E-state index in [9.17, 15) is 15.3 Å². The molecule has 2 aromatic rings. The fourth-order valence-electron chi connectivity index (χ4n) is 5.20. The molecule has 4 aliphatic rings. The highest BCUT2D eigenvalue weighted by Crippen LogP contribution is 2.56. The summed E-state index contributed by atoms with van der Waals surface area (Å²) >= 11 is 0. The van der Waals surface area contributed by atoms with Gasteiger partial charge in [0, 0.05) is 12.0 Å². The van der Waals surface area contributed by atoms with Gasteiger partial charge < -0.3 is 30.1 Å². The number of epoxide rings is 1. The molecule has 4 N–H and O–H groups in total. The smallest absolute Gasteiger partial charge is 0.167 e. The highest BCUT2D eigenvalue weighted by molar-refractivity contribution is 5.83. The predicted molar refractivity (Wildman–Crippen MR) is 90.6 cm³/mol. The second-order valence-electron chi connectivity index (χ2n) is 7.99. The topological polar surface area (TPSA) is 138 Å². The van der Waals surface area contributed by atoms with Crippen LogP contribution in [-0.4, -0.2) is 78.0 Å². The molecule has 10 heteroatoms. The maximum Gasteiger partial charge on any atom is 0.167 e. The zero-order valence-corrected chi connectivity index (χ0v) is 14.4. The molecule has 4 fully saturated rings. The third kappa shape index (κ3) is 2.21. The lowest BCUT2D eigenvalue weighted by Crippen LogP contribution is -2.33. The van der Waals surface area contributed by atoms with Crippen LogP contribution in [0.15, 0.2) is 12.7 Å². The molecule has 0 aromatic carbocycles. The molecule has 2 aromatic heterocycles. The van der Waals surface area contributed by atoms with Gasteiger partial charge in [-0.05, 0) is 18.8 Å². The van der Waals surface area contributed by atoms with Gasteiger partial charge in [0.15, 0.2) is 23.2 Å². The molecule has 6 rings (SSSR count). The van der Waals surface area contributed by atoms with Crippen LogP contribution in [0.5, 0.6) is 0 Å². The molecule has 0 spiro atoms. The standard InChI is InChI=1S/C17H21N5O5/c23-3-9-11(24)12(25)17(26-9)22-5-20-10-15(18-4-19-16(10)22)21-8-2-6-1-7(8)14-13(6)27-14/h4-9,11-14,17,23-25H,1-3H2,(H,18,19,21)/t6-,7+,8+,9-,11-,12-,13-,14+,17-/m1/s1. The molecule has 0 amide bonds. The first-order chi connectivity index (χ1) is 13.2. The number of rotatable bonds is 4. The first-order valence-corrected chi connectivity index (χ1v) is 9.37. The number of aliphatic hydroxyl groups is 3. The van der Waals surface area contributed by atoms with Crippen LogP contribution in [0.1, 0.15) is 19.1 Å². The Morgan fingerprint density at radius 2 is 2.00 bits per heavy atom. The molecule has 2 bridgehead atoms. The normalized spacial score (nSPS) is 44.8. The predicted octanol–water partition coefficient (Wildman–Crippen LogP) is -0.974. The zero-order chi connectivity index (χ0) is 18.3. The maximum atomic E-state index is 10.3. The monoisotopic (exact) mass is 375 g/mol. The molecule has 144 valence electrons. The van der Waals surface area contributed by atoms with Crippen LogP contribution in [0, 0.1) is 11.8 Å². The average molecular weight is 375 g/mol. The minimum absolute atomic E-state index is 0.316. The van der Waals surface area contributed by atoms with Crippen LogP contribution in [0.25, 0.3) is 11.2 Å². The third-order valence-electron chi connectivity index (χ3n) is 6.57. The van der Waals surface area contributed by atoms with E-state index in [1.807, 2.05) is 0 Å². The van der Waals surface area contributed by atoms with Crippen molar-refractivity contribution in [1.29, 1.82) is 0 Å². The number of nitrogens with one attached hydrogen (secondary N) is 1. The lowest BCUT2D eigenvalue weighted by Gasteiger charge is -2.21. The number of aliphatic hydroxyl groups excluding tert-OH is 3. The van der Waals surface area contributed by atoms with E-state index in [0.29, 0.717) is 47.1 Å². The number of ether oxygens (including phenoxy) is 2. The summed E-state index contributed by atoms with van der Waals surface area (Å²) in [6.45, 7) is -0.377. The summed E-state index contributed by atoms with van der Waals surface area (Å²) in [5.74, 6) is 1.82. The fraction of sp³-hybridized carbons (Fsp3) is 0.706. The average Bonchev–Trinajstić information content (AvgIpc) is 2.95. The van der Waals surface area contributed by atoms with E-state index in [1.54, 1.807) is 4.57 Å². The van der Waals surface area contributed by atoms with Crippen LogP contribution < -0.4 is 5.32 Å². The highest BCUT2D eigenvalue weighted by atomic mass is 16.6. The Balaban J connectivity index is 1.30. The van der Waals surface area contributed by atoms with Crippen LogP contribution in [-0.2, 0) is 9.47 Å². The van der Waals surface area contributed by atoms with Crippen molar-refractivity contribution >= 4 is 17.0 Å². The fourth-order valence-corrected chi connectivity index (χ4v) is 5.20. The van der Waals surface area contributed by atoms with Crippen molar-refractivity contribution in [2.24, 2.45) is 11.8 Å². The highest BCUT2D eigenvalue weighted by Gasteiger charge is 2.63. The van der Waals surface area contributed by atoms with E-state index < -0.39 is 24.5 Å². The Kier molecular flexibility index (Phi) is 3.34. The van der Waals surface area contributed by atoms with Crippen molar-refractivity contribution in [2.45, 2.75) is 55.6 Å². The lowest BCUT2D eigenvalue weighted by atomic mass is 9.95. The van der Waals surface area contributed by atoms with Crippen LogP contribution in [0.2, 0.25) is 0 Å². The Labute approximate surface area is 154 Å². The number of aromatic nitrogens is 4. The van der Waals surface area contributed by atoms with Gasteiger partial charge in [0.25, 0.3) is 0 Å². The number of hydrogen-bond donors (Lipinski definition) is 4. The molecule has 4 heterocycles. The second kappa shape index (κ2) is 5.58. The van der Waals surface area contributed by atoms with E-state index in [2.05, 4.69) is 20.3 Å². The van der Waals surface area contributed by atoms with Crippen molar-refractivity contribution in [3.63, 3.8) is 0 Å². The number of fused-ring (bicyclic) bond motifs is 6. The molecule has 0 unspecified atom stereocenters. The SMILES string of the molecule is OC[C@H]1O[C@@H](n2cnc3c(N[C@H]4C[C@H]5C[C@@H]4[C@@H]4O[C@H]54)ncnc32)[C@H](O)[C@@H]1O.